The van der Waals surface area contributed by atoms with Crippen LogP contribution in [0.3, 0.4) is 0 Å². The summed E-state index contributed by atoms with van der Waals surface area (Å²) in [6.07, 6.45) is -115. The smallest absolute Gasteiger partial charge is 0.387 e. The summed E-state index contributed by atoms with van der Waals surface area (Å²) in [6.45, 7) is -14.8. The van der Waals surface area contributed by atoms with Crippen molar-refractivity contribution in [3.8, 4) is 0 Å². The topological polar surface area (TPSA) is 1170 Å². The molecule has 768 valence electrons. The normalized spacial score (nSPS) is 36.0. The Balaban J connectivity index is 1.72. The maximum absolute atomic E-state index is 13.2. The van der Waals surface area contributed by atoms with Crippen LogP contribution in [0.4, 0.5) is 0 Å². The molecule has 12 bridgehead atoms. The fourth-order valence-corrected chi connectivity index (χ4v) is 18.8. The summed E-state index contributed by atoms with van der Waals surface area (Å²) in [4.78, 5) is 0. The standard InChI is InChI=1S/C36H60O78S16/c37-13-14(38)31-93-7(1-87-115(39,40)41)15(13)99-32-26(110-126(72,73)74)22(106-122(60,61)62)17(9(94-32)3-89-117(45,46)47)101-34-28(112-128(78,79)80)24(108-124(66,67)68)19(11(96-34)5-91-119(51,52)53)103-36-30(114-130(84,85)86)25(109-125(69,70)71)20(12(98-36)6-92-120(54,55)56)104-35-29(113-129(81,82)83)23(107-123(63,64)65)18(10(97-35)4-90-118(48,49)50)102-33-27(111-127(75,76)77)21(105-121(57,58)59)16(100-31)8(95-33)2-88-116(42,43)44/h7-38H,1-6H2,(H,39,40,41)(H,42,43,44)(H,45,46,47)(H,48,49,50)(H,51,52,53)(H,54,55,56)(H,57,58,59)(H,60,61,62)(H,63,64,65)(H,66,67,68)(H,69,70,71)(H,72,73,74)(H,75,76,77)(H,78,79,80)(H,81,82,83)(H,84,85,86)/t7-,8-,9-,10-,11-,12-,13-,14-,15-,16-,17-,18-,19-,20-,21+,22+,23+,24+,25+,26-,27-,28-,29-,30-,31-,32-,33-,34-,35-,36-/m1/s1. The van der Waals surface area contributed by atoms with Gasteiger partial charge in [-0.1, -0.05) is 0 Å². The van der Waals surface area contributed by atoms with Gasteiger partial charge in [0, 0.05) is 0 Å². The van der Waals surface area contributed by atoms with Crippen molar-refractivity contribution in [2.24, 2.45) is 0 Å². The molecule has 0 aromatic heterocycles. The number of hydrogen-bond donors (Lipinski definition) is 18. The molecule has 0 unspecified atom stereocenters. The second-order valence-corrected chi connectivity index (χ2v) is 42.0. The molecule has 22 heterocycles. The number of aliphatic hydroxyl groups excluding tert-OH is 2. The fourth-order valence-electron chi connectivity index (χ4n) is 12.1. The monoisotopic (exact) mass is 2250 g/mol. The maximum Gasteiger partial charge on any atom is 0.397 e. The fraction of sp³-hybridized carbons (Fsp3) is 1.00. The Kier molecular flexibility index (Phi) is 37.0. The molecule has 22 rings (SSSR count). The third-order valence-corrected chi connectivity index (χ3v) is 23.2. The molecular weight excluding hydrogens is 2190 g/mol. The van der Waals surface area contributed by atoms with Gasteiger partial charge in [0.15, 0.2) is 68.3 Å². The Labute approximate surface area is 727 Å². The molecule has 78 nitrogen and oxygen atoms in total. The van der Waals surface area contributed by atoms with Crippen molar-refractivity contribution in [3.05, 3.63) is 0 Å². The lowest BCUT2D eigenvalue weighted by molar-refractivity contribution is -0.396. The van der Waals surface area contributed by atoms with Crippen molar-refractivity contribution in [1.82, 2.24) is 0 Å². The van der Waals surface area contributed by atoms with Crippen LogP contribution in [0.5, 0.6) is 0 Å². The Morgan fingerprint density at radius 3 is 0.423 bits per heavy atom. The van der Waals surface area contributed by atoms with Gasteiger partial charge in [0.25, 0.3) is 0 Å². The van der Waals surface area contributed by atoms with Gasteiger partial charge >= 0.3 is 166 Å². The molecule has 22 fully saturated rings. The zero-order chi connectivity index (χ0) is 99.4. The Morgan fingerprint density at radius 1 is 0.154 bits per heavy atom. The predicted molar refractivity (Wildman–Crippen MR) is 362 cm³/mol. The van der Waals surface area contributed by atoms with Gasteiger partial charge in [-0.25, -0.2) is 66.9 Å². The second-order valence-electron chi connectivity index (χ2n) is 25.0. The molecule has 22 saturated heterocycles. The first-order valence-electron chi connectivity index (χ1n) is 31.6. The van der Waals surface area contributed by atoms with E-state index in [1.807, 2.05) is 0 Å². The molecule has 0 saturated carbocycles. The van der Waals surface area contributed by atoms with E-state index in [1.165, 1.54) is 0 Å². The van der Waals surface area contributed by atoms with Crippen LogP contribution >= 0.6 is 0 Å². The highest BCUT2D eigenvalue weighted by Gasteiger charge is 2.66. The van der Waals surface area contributed by atoms with Crippen LogP contribution in [0.25, 0.3) is 0 Å². The molecule has 0 amide bonds. The number of hydrogen-bond acceptors (Lipinski definition) is 62. The van der Waals surface area contributed by atoms with E-state index in [9.17, 15) is 218 Å². The molecule has 0 aromatic carbocycles. The zero-order valence-electron chi connectivity index (χ0n) is 60.6. The molecular formula is C36H60O78S16. The van der Waals surface area contributed by atoms with E-state index in [1.54, 1.807) is 0 Å². The van der Waals surface area contributed by atoms with Crippen LogP contribution in [0.2, 0.25) is 0 Å². The van der Waals surface area contributed by atoms with E-state index in [0.717, 1.165) is 0 Å². The molecule has 0 aromatic rings. The largest absolute Gasteiger partial charge is 0.397 e. The Bertz CT molecular complexity index is 5950. The molecule has 0 spiro atoms. The van der Waals surface area contributed by atoms with Gasteiger partial charge in [0.2, 0.25) is 0 Å². The van der Waals surface area contributed by atoms with Gasteiger partial charge in [-0.05, 0) is 0 Å². The number of rotatable bonds is 38. The lowest BCUT2D eigenvalue weighted by atomic mass is 9.94. The summed E-state index contributed by atoms with van der Waals surface area (Å²) in [7, 11) is -107. The molecule has 22 aliphatic heterocycles. The third-order valence-electron chi connectivity index (χ3n) is 16.0. The first kappa shape index (κ1) is 114. The van der Waals surface area contributed by atoms with Gasteiger partial charge in [-0.2, -0.15) is 135 Å². The molecule has 130 heavy (non-hydrogen) atoms. The highest BCUT2D eigenvalue weighted by molar-refractivity contribution is 7.84. The van der Waals surface area contributed by atoms with Crippen LogP contribution in [0, 0.1) is 0 Å². The maximum atomic E-state index is 13.2. The molecule has 18 N–H and O–H groups in total. The summed E-state index contributed by atoms with van der Waals surface area (Å²) in [5.74, 6) is 0. The average Bonchev–Trinajstić information content (AvgIpc) is 0.751. The molecule has 22 aliphatic rings. The first-order valence-corrected chi connectivity index (χ1v) is 53.5. The Morgan fingerprint density at radius 2 is 0.277 bits per heavy atom. The third kappa shape index (κ3) is 37.5. The molecule has 30 atom stereocenters. The van der Waals surface area contributed by atoms with Crippen molar-refractivity contribution in [2.75, 3.05) is 39.6 Å². The summed E-state index contributed by atoms with van der Waals surface area (Å²) < 4.78 is 707. The molecule has 0 aliphatic carbocycles. The summed E-state index contributed by atoms with van der Waals surface area (Å²) in [5.41, 5.74) is 0. The van der Waals surface area contributed by atoms with Gasteiger partial charge < -0.3 is 67.1 Å². The Hall–Kier alpha value is -2.64. The van der Waals surface area contributed by atoms with Crippen LogP contribution in [-0.2, 0) is 290 Å². The highest BCUT2D eigenvalue weighted by atomic mass is 32.3. The van der Waals surface area contributed by atoms with E-state index < -0.39 is 390 Å². The van der Waals surface area contributed by atoms with Crippen LogP contribution < -0.4 is 0 Å². The van der Waals surface area contributed by atoms with Crippen molar-refractivity contribution in [2.45, 2.75) is 184 Å². The van der Waals surface area contributed by atoms with E-state index in [4.69, 9.17) is 56.8 Å². The van der Waals surface area contributed by atoms with E-state index >= 15 is 0 Å². The summed E-state index contributed by atoms with van der Waals surface area (Å²) >= 11 is 0. The van der Waals surface area contributed by atoms with E-state index in [0.29, 0.717) is 0 Å². The van der Waals surface area contributed by atoms with Gasteiger partial charge in [0.1, 0.15) is 116 Å². The zero-order valence-corrected chi connectivity index (χ0v) is 73.7. The second kappa shape index (κ2) is 42.0. The van der Waals surface area contributed by atoms with E-state index in [-0.39, 0.29) is 0 Å². The van der Waals surface area contributed by atoms with Crippen LogP contribution in [0.1, 0.15) is 0 Å². The van der Waals surface area contributed by atoms with E-state index in [2.05, 4.69) is 66.9 Å². The van der Waals surface area contributed by atoms with Gasteiger partial charge in [-0.3, -0.25) is 72.8 Å². The quantitative estimate of drug-likeness (QED) is 0.0255. The minimum absolute atomic E-state index is 2.29. The first-order chi connectivity index (χ1) is 58.1. The number of aliphatic hydroxyl groups is 2. The lowest BCUT2D eigenvalue weighted by Gasteiger charge is -2.52. The summed E-state index contributed by atoms with van der Waals surface area (Å²) in [5, 5.41) is 24.0. The van der Waals surface area contributed by atoms with Crippen molar-refractivity contribution in [3.63, 3.8) is 0 Å². The van der Waals surface area contributed by atoms with Crippen molar-refractivity contribution in [1.29, 1.82) is 0 Å². The molecule has 0 radical (unpaired) electrons. The summed E-state index contributed by atoms with van der Waals surface area (Å²) in [6, 6.07) is 0. The molecule has 94 heteroatoms. The van der Waals surface area contributed by atoms with Crippen molar-refractivity contribution < 1.29 is 342 Å². The van der Waals surface area contributed by atoms with Gasteiger partial charge in [-0.15, -0.1) is 0 Å². The van der Waals surface area contributed by atoms with Crippen molar-refractivity contribution >= 4 is 166 Å². The SMILES string of the molecule is O=S(=O)(O)OC[C@H]1O[C@@H]2O[C@H]3[C@H](OS(=O)(=O)O)[C@@H](OS(=O)(=O)O)[C@@H](O[C@H]4[C@H](OS(=O)(=O)O)[C@@H](OS(=O)(=O)O)[C@@H](O[C@H]5[C@H](OS(=O)(=O)O)[C@@H](OS(=O)(=O)O)[C@@H](O[C@H]6[C@H](OS(=O)(=O)O)[C@@H](OS(=O)(=O)O)[C@@H](O[C@H]7[C@H](OS(=O)(=O)O)[C@@H](OS(=O)(=O)O)[C@@H](O[C@H]1[C@H](O)[C@H]2O)O[C@@H]7COS(=O)(=O)O)O[C@@H]6COS(=O)(=O)O)O[C@@H]5COS(=O)(=O)O)O[C@@H]4COS(=O)(=O)O)O[C@@H]3COS(=O)(=O)O. The average molecular weight is 2250 g/mol. The highest BCUT2D eigenvalue weighted by Crippen LogP contribution is 2.45. The van der Waals surface area contributed by atoms with Crippen LogP contribution in [-0.4, -0.2) is 442 Å². The predicted octanol–water partition coefficient (Wildman–Crippen LogP) is -15.8. The van der Waals surface area contributed by atoms with Gasteiger partial charge in [0.05, 0.1) is 39.6 Å². The minimum atomic E-state index is -7.01. The van der Waals surface area contributed by atoms with Crippen LogP contribution in [0.15, 0.2) is 0 Å². The minimum Gasteiger partial charge on any atom is -0.387 e. The lowest BCUT2D eigenvalue weighted by Crippen LogP contribution is -2.70. The number of ether oxygens (including phenoxy) is 12.